The molecule has 5 atom stereocenters. The van der Waals surface area contributed by atoms with Crippen LogP contribution in [0.4, 0.5) is 11.4 Å². The van der Waals surface area contributed by atoms with Crippen molar-refractivity contribution in [1.29, 1.82) is 0 Å². The number of ketones is 2. The first-order chi connectivity index (χ1) is 22.7. The number of hydrogen-bond acceptors (Lipinski definition) is 5. The maximum atomic E-state index is 15.0. The van der Waals surface area contributed by atoms with E-state index in [1.807, 2.05) is 141 Å². The number of hydrogen-bond donors (Lipinski definition) is 1. The molecule has 1 saturated carbocycles. The third-order valence-electron chi connectivity index (χ3n) is 9.83. The summed E-state index contributed by atoms with van der Waals surface area (Å²) in [5.41, 5.74) is 4.07. The molecule has 0 spiro atoms. The third-order valence-corrected chi connectivity index (χ3v) is 9.83. The van der Waals surface area contributed by atoms with Gasteiger partial charge in [-0.15, -0.1) is 0 Å². The summed E-state index contributed by atoms with van der Waals surface area (Å²) in [5.74, 6) is -2.80. The van der Waals surface area contributed by atoms with Crippen molar-refractivity contribution >= 4 is 22.9 Å². The van der Waals surface area contributed by atoms with Crippen LogP contribution in [-0.4, -0.2) is 44.9 Å². The normalized spacial score (nSPS) is 22.3. The van der Waals surface area contributed by atoms with Crippen molar-refractivity contribution in [2.75, 3.05) is 38.0 Å². The van der Waals surface area contributed by atoms with E-state index in [1.165, 1.54) is 0 Å². The van der Waals surface area contributed by atoms with E-state index in [0.717, 1.165) is 22.5 Å². The van der Waals surface area contributed by atoms with E-state index >= 15 is 0 Å². The van der Waals surface area contributed by atoms with E-state index in [1.54, 1.807) is 12.1 Å². The van der Waals surface area contributed by atoms with E-state index in [2.05, 4.69) is 24.3 Å². The summed E-state index contributed by atoms with van der Waals surface area (Å²) in [6.07, 6.45) is 0.205. The van der Waals surface area contributed by atoms with Crippen molar-refractivity contribution in [3.63, 3.8) is 0 Å². The number of carbonyl (C=O) groups is 2. The molecule has 0 aliphatic heterocycles. The molecule has 5 aromatic carbocycles. The van der Waals surface area contributed by atoms with Crippen LogP contribution in [0.2, 0.25) is 0 Å². The summed E-state index contributed by atoms with van der Waals surface area (Å²) < 4.78 is 0. The lowest BCUT2D eigenvalue weighted by Gasteiger charge is -2.51. The van der Waals surface area contributed by atoms with Gasteiger partial charge in [0.2, 0.25) is 0 Å². The van der Waals surface area contributed by atoms with Crippen LogP contribution >= 0.6 is 0 Å². The summed E-state index contributed by atoms with van der Waals surface area (Å²) in [4.78, 5) is 34.0. The summed E-state index contributed by atoms with van der Waals surface area (Å²) >= 11 is 0. The minimum atomic E-state index is -1.57. The zero-order valence-corrected chi connectivity index (χ0v) is 27.5. The molecule has 0 saturated heterocycles. The lowest BCUT2D eigenvalue weighted by atomic mass is 9.52. The van der Waals surface area contributed by atoms with Crippen molar-refractivity contribution < 1.29 is 14.7 Å². The Balaban J connectivity index is 1.64. The molecule has 6 rings (SSSR count). The molecule has 1 N–H and O–H groups in total. The van der Waals surface area contributed by atoms with Gasteiger partial charge < -0.3 is 14.9 Å². The van der Waals surface area contributed by atoms with Crippen molar-refractivity contribution in [1.82, 2.24) is 0 Å². The first-order valence-electron chi connectivity index (χ1n) is 16.2. The van der Waals surface area contributed by atoms with Crippen LogP contribution in [0.1, 0.15) is 55.7 Å². The predicted octanol–water partition coefficient (Wildman–Crippen LogP) is 7.98. The lowest BCUT2D eigenvalue weighted by Crippen LogP contribution is -2.53. The van der Waals surface area contributed by atoms with E-state index in [0.29, 0.717) is 16.7 Å². The number of rotatable bonds is 9. The van der Waals surface area contributed by atoms with Gasteiger partial charge in [-0.05, 0) is 53.3 Å². The molecular weight excluding hydrogens is 580 g/mol. The van der Waals surface area contributed by atoms with Crippen LogP contribution in [0.3, 0.4) is 0 Å². The molecule has 0 heterocycles. The van der Waals surface area contributed by atoms with Gasteiger partial charge in [0.1, 0.15) is 5.60 Å². The number of aliphatic hydroxyl groups is 1. The van der Waals surface area contributed by atoms with Gasteiger partial charge in [-0.1, -0.05) is 115 Å². The number of anilines is 2. The van der Waals surface area contributed by atoms with E-state index in [4.69, 9.17) is 0 Å². The molecule has 47 heavy (non-hydrogen) atoms. The van der Waals surface area contributed by atoms with Gasteiger partial charge >= 0.3 is 0 Å². The molecule has 5 aromatic rings. The minimum absolute atomic E-state index is 0.0325. The molecule has 1 fully saturated rings. The van der Waals surface area contributed by atoms with E-state index in [-0.39, 0.29) is 23.9 Å². The fourth-order valence-corrected chi connectivity index (χ4v) is 7.41. The van der Waals surface area contributed by atoms with Gasteiger partial charge in [0.25, 0.3) is 0 Å². The predicted molar refractivity (Wildman–Crippen MR) is 191 cm³/mol. The van der Waals surface area contributed by atoms with Gasteiger partial charge in [-0.3, -0.25) is 9.59 Å². The SMILES string of the molecule is CN(C)c1ccc([C@@H]2[C@H](C(=O)c3ccccc3)[C@@H](c3ccc(N(C)C)cc3)C[C@](O)(c3ccccc3)[C@H]2C(=O)c2ccccc2)cc1. The Morgan fingerprint density at radius 2 is 1.00 bits per heavy atom. The number of benzene rings is 5. The van der Waals surface area contributed by atoms with Crippen LogP contribution in [0.5, 0.6) is 0 Å². The first-order valence-corrected chi connectivity index (χ1v) is 16.2. The van der Waals surface area contributed by atoms with Crippen molar-refractivity contribution in [3.05, 3.63) is 167 Å². The molecule has 0 aromatic heterocycles. The summed E-state index contributed by atoms with van der Waals surface area (Å²) in [5, 5.41) is 13.2. The maximum absolute atomic E-state index is 15.0. The molecular formula is C42H42N2O3. The molecule has 5 nitrogen and oxygen atoms in total. The van der Waals surface area contributed by atoms with Gasteiger partial charge in [0.15, 0.2) is 11.6 Å². The fourth-order valence-electron chi connectivity index (χ4n) is 7.41. The molecule has 5 heteroatoms. The average Bonchev–Trinajstić information content (AvgIpc) is 3.11. The Kier molecular flexibility index (Phi) is 9.10. The Bertz CT molecular complexity index is 1800. The Hall–Kier alpha value is -5.00. The zero-order chi connectivity index (χ0) is 33.1. The molecule has 238 valence electrons. The highest BCUT2D eigenvalue weighted by Gasteiger charge is 2.58. The first kappa shape index (κ1) is 32.0. The Morgan fingerprint density at radius 1 is 0.574 bits per heavy atom. The largest absolute Gasteiger partial charge is 0.384 e. The third kappa shape index (κ3) is 6.24. The zero-order valence-electron chi connectivity index (χ0n) is 27.5. The Labute approximate surface area is 278 Å². The molecule has 0 radical (unpaired) electrons. The highest BCUT2D eigenvalue weighted by atomic mass is 16.3. The van der Waals surface area contributed by atoms with Gasteiger partial charge in [0.05, 0.1) is 5.92 Å². The Morgan fingerprint density at radius 3 is 1.47 bits per heavy atom. The highest BCUT2D eigenvalue weighted by Crippen LogP contribution is 2.58. The molecule has 1 aliphatic rings. The van der Waals surface area contributed by atoms with E-state index in [9.17, 15) is 14.7 Å². The molecule has 0 bridgehead atoms. The summed E-state index contributed by atoms with van der Waals surface area (Å²) in [7, 11) is 7.97. The smallest absolute Gasteiger partial charge is 0.169 e. The lowest BCUT2D eigenvalue weighted by molar-refractivity contribution is -0.0690. The van der Waals surface area contributed by atoms with Crippen LogP contribution in [-0.2, 0) is 5.60 Å². The van der Waals surface area contributed by atoms with E-state index < -0.39 is 23.4 Å². The van der Waals surface area contributed by atoms with Gasteiger partial charge in [0, 0.05) is 62.5 Å². The minimum Gasteiger partial charge on any atom is -0.384 e. The van der Waals surface area contributed by atoms with Gasteiger partial charge in [-0.2, -0.15) is 0 Å². The van der Waals surface area contributed by atoms with Crippen molar-refractivity contribution in [3.8, 4) is 0 Å². The summed E-state index contributed by atoms with van der Waals surface area (Å²) in [6, 6.07) is 44.5. The summed E-state index contributed by atoms with van der Waals surface area (Å²) in [6.45, 7) is 0. The van der Waals surface area contributed by atoms with Crippen molar-refractivity contribution in [2.45, 2.75) is 23.9 Å². The monoisotopic (exact) mass is 622 g/mol. The second-order valence-electron chi connectivity index (χ2n) is 13.1. The number of carbonyl (C=O) groups excluding carboxylic acids is 2. The second-order valence-corrected chi connectivity index (χ2v) is 13.1. The molecule has 0 amide bonds. The van der Waals surface area contributed by atoms with Crippen LogP contribution < -0.4 is 9.80 Å². The maximum Gasteiger partial charge on any atom is 0.169 e. The standard InChI is InChI=1S/C42H42N2O3/c1-43(2)34-24-20-29(21-25-34)36-28-42(47,33-18-12-7-13-19-33)39(41(46)32-16-10-6-11-17-32)37(30-22-26-35(27-23-30)44(3)4)38(36)40(45)31-14-8-5-9-15-31/h5-27,36-39,47H,28H2,1-4H3/t36-,37-,38-,39-,42+/m1/s1. The van der Waals surface area contributed by atoms with Crippen molar-refractivity contribution in [2.24, 2.45) is 11.8 Å². The fraction of sp³-hybridized carbons (Fsp3) is 0.238. The molecule has 1 aliphatic carbocycles. The topological polar surface area (TPSA) is 60.9 Å². The van der Waals surface area contributed by atoms with Gasteiger partial charge in [-0.25, -0.2) is 0 Å². The molecule has 0 unspecified atom stereocenters. The van der Waals surface area contributed by atoms with Crippen LogP contribution in [0.25, 0.3) is 0 Å². The number of nitrogens with zero attached hydrogens (tertiary/aromatic N) is 2. The number of Topliss-reactive ketones (excluding diaryl/α,β-unsaturated/α-hetero) is 2. The van der Waals surface area contributed by atoms with Crippen LogP contribution in [0, 0.1) is 11.8 Å². The van der Waals surface area contributed by atoms with Crippen LogP contribution in [0.15, 0.2) is 140 Å². The second kappa shape index (κ2) is 13.4. The average molecular weight is 623 g/mol. The highest BCUT2D eigenvalue weighted by molar-refractivity contribution is 6.03. The quantitative estimate of drug-likeness (QED) is 0.169.